The summed E-state index contributed by atoms with van der Waals surface area (Å²) in [5.41, 5.74) is 2.10. The molecule has 0 bridgehead atoms. The van der Waals surface area contributed by atoms with Crippen LogP contribution in [-0.2, 0) is 6.54 Å². The number of hydrogen-bond donors (Lipinski definition) is 2. The highest BCUT2D eigenvalue weighted by atomic mass is 35.5. The van der Waals surface area contributed by atoms with E-state index in [1.54, 1.807) is 31.3 Å². The fourth-order valence-corrected chi connectivity index (χ4v) is 3.18. The van der Waals surface area contributed by atoms with E-state index < -0.39 is 0 Å². The van der Waals surface area contributed by atoms with Crippen molar-refractivity contribution in [3.8, 4) is 0 Å². The first-order valence-electron chi connectivity index (χ1n) is 9.24. The maximum Gasteiger partial charge on any atom is 0.261 e. The topological polar surface area (TPSA) is 73.8 Å². The van der Waals surface area contributed by atoms with Gasteiger partial charge in [-0.3, -0.25) is 19.5 Å². The molecule has 2 N–H and O–H groups in total. The number of nitrogens with one attached hydrogen (secondary N) is 2. The molecular weight excluding hydrogens is 376 g/mol. The Labute approximate surface area is 169 Å². The van der Waals surface area contributed by atoms with Crippen LogP contribution in [0.3, 0.4) is 0 Å². The highest BCUT2D eigenvalue weighted by Crippen LogP contribution is 2.22. The second-order valence-electron chi connectivity index (χ2n) is 6.49. The van der Waals surface area contributed by atoms with E-state index in [2.05, 4.69) is 15.6 Å². The second-order valence-corrected chi connectivity index (χ2v) is 6.93. The van der Waals surface area contributed by atoms with Crippen molar-refractivity contribution in [3.63, 3.8) is 0 Å². The van der Waals surface area contributed by atoms with Crippen molar-refractivity contribution in [1.82, 2.24) is 15.5 Å². The van der Waals surface area contributed by atoms with Gasteiger partial charge in [0.05, 0.1) is 11.1 Å². The molecule has 0 radical (unpaired) electrons. The summed E-state index contributed by atoms with van der Waals surface area (Å²) in [5.74, 6) is 0.304. The maximum absolute atomic E-state index is 12.3. The smallest absolute Gasteiger partial charge is 0.261 e. The summed E-state index contributed by atoms with van der Waals surface area (Å²) in [5, 5.41) is 7.19. The van der Waals surface area contributed by atoms with Crippen molar-refractivity contribution < 1.29 is 9.59 Å². The number of benzene rings is 2. The molecule has 0 spiro atoms. The number of halogens is 1. The number of guanidine groups is 1. The minimum atomic E-state index is -0.200. The van der Waals surface area contributed by atoms with Crippen LogP contribution in [0.15, 0.2) is 53.5 Å². The standard InChI is InChI=1S/C21H23ClN4O2/c1-23-21(25-14-15-8-10-16(22)11-9-15)24-12-4-5-13-26-19(27)17-6-2-3-7-18(17)20(26)28/h2-3,6-11H,4-5,12-14H2,1H3,(H2,23,24,25). The lowest BCUT2D eigenvalue weighted by Gasteiger charge is -2.15. The predicted octanol–water partition coefficient (Wildman–Crippen LogP) is 3.08. The molecule has 0 fully saturated rings. The van der Waals surface area contributed by atoms with Gasteiger partial charge in [0.2, 0.25) is 0 Å². The molecule has 146 valence electrons. The molecule has 7 heteroatoms. The Morgan fingerprint density at radius 3 is 2.21 bits per heavy atom. The Balaban J connectivity index is 1.38. The lowest BCUT2D eigenvalue weighted by molar-refractivity contribution is 0.0652. The summed E-state index contributed by atoms with van der Waals surface area (Å²) in [6.45, 7) is 1.76. The molecule has 1 aliphatic heterocycles. The first-order valence-corrected chi connectivity index (χ1v) is 9.62. The molecule has 28 heavy (non-hydrogen) atoms. The Kier molecular flexibility index (Phi) is 6.66. The number of nitrogens with zero attached hydrogens (tertiary/aromatic N) is 2. The Hall–Kier alpha value is -2.86. The highest BCUT2D eigenvalue weighted by Gasteiger charge is 2.34. The molecule has 0 saturated carbocycles. The van der Waals surface area contributed by atoms with E-state index in [-0.39, 0.29) is 11.8 Å². The van der Waals surface area contributed by atoms with Crippen LogP contribution in [0.25, 0.3) is 0 Å². The van der Waals surface area contributed by atoms with Gasteiger partial charge in [0.25, 0.3) is 11.8 Å². The zero-order valence-electron chi connectivity index (χ0n) is 15.7. The van der Waals surface area contributed by atoms with Crippen LogP contribution in [0, 0.1) is 0 Å². The van der Waals surface area contributed by atoms with Crippen molar-refractivity contribution in [2.45, 2.75) is 19.4 Å². The molecule has 2 aromatic carbocycles. The summed E-state index contributed by atoms with van der Waals surface area (Å²) in [6.07, 6.45) is 1.54. The number of hydrogen-bond acceptors (Lipinski definition) is 3. The van der Waals surface area contributed by atoms with Crippen LogP contribution < -0.4 is 10.6 Å². The third-order valence-corrected chi connectivity index (χ3v) is 4.83. The molecule has 1 aliphatic rings. The zero-order valence-corrected chi connectivity index (χ0v) is 16.5. The van der Waals surface area contributed by atoms with Crippen molar-refractivity contribution in [2.24, 2.45) is 4.99 Å². The van der Waals surface area contributed by atoms with Crippen LogP contribution >= 0.6 is 11.6 Å². The van der Waals surface area contributed by atoms with E-state index in [0.717, 1.165) is 18.4 Å². The molecule has 0 aliphatic carbocycles. The molecule has 0 atom stereocenters. The van der Waals surface area contributed by atoms with Gasteiger partial charge in [-0.05, 0) is 42.7 Å². The number of amides is 2. The first-order chi connectivity index (χ1) is 13.6. The largest absolute Gasteiger partial charge is 0.356 e. The number of fused-ring (bicyclic) bond motifs is 1. The zero-order chi connectivity index (χ0) is 19.9. The second kappa shape index (κ2) is 9.37. The lowest BCUT2D eigenvalue weighted by Crippen LogP contribution is -2.37. The fourth-order valence-electron chi connectivity index (χ4n) is 3.05. The normalized spacial score (nSPS) is 13.6. The number of carbonyl (C=O) groups excluding carboxylic acids is 2. The average molecular weight is 399 g/mol. The Bertz CT molecular complexity index is 845. The van der Waals surface area contributed by atoms with Gasteiger partial charge in [-0.15, -0.1) is 0 Å². The summed E-state index contributed by atoms with van der Waals surface area (Å²) in [4.78, 5) is 30.2. The van der Waals surface area contributed by atoms with Gasteiger partial charge in [-0.1, -0.05) is 35.9 Å². The third-order valence-electron chi connectivity index (χ3n) is 4.58. The van der Waals surface area contributed by atoms with Gasteiger partial charge in [0, 0.05) is 31.7 Å². The summed E-state index contributed by atoms with van der Waals surface area (Å²) >= 11 is 5.89. The van der Waals surface area contributed by atoms with Crippen LogP contribution in [0.4, 0.5) is 0 Å². The van der Waals surface area contributed by atoms with Crippen molar-refractivity contribution in [2.75, 3.05) is 20.1 Å². The van der Waals surface area contributed by atoms with Crippen molar-refractivity contribution in [3.05, 3.63) is 70.2 Å². The molecule has 2 amide bonds. The van der Waals surface area contributed by atoms with Crippen molar-refractivity contribution in [1.29, 1.82) is 0 Å². The first kappa shape index (κ1) is 19.9. The van der Waals surface area contributed by atoms with Gasteiger partial charge in [0.1, 0.15) is 0 Å². The van der Waals surface area contributed by atoms with Crippen LogP contribution in [-0.4, -0.2) is 42.8 Å². The Morgan fingerprint density at radius 2 is 1.61 bits per heavy atom. The molecule has 0 unspecified atom stereocenters. The average Bonchev–Trinajstić information content (AvgIpc) is 2.96. The summed E-state index contributed by atoms with van der Waals surface area (Å²) in [6, 6.07) is 14.6. The molecular formula is C21H23ClN4O2. The van der Waals surface area contributed by atoms with Crippen LogP contribution in [0.1, 0.15) is 39.1 Å². The van der Waals surface area contributed by atoms with Crippen LogP contribution in [0.2, 0.25) is 5.02 Å². The number of unbranched alkanes of at least 4 members (excludes halogenated alkanes) is 1. The SMILES string of the molecule is CN=C(NCCCCN1C(=O)c2ccccc2C1=O)NCc1ccc(Cl)cc1. The number of imide groups is 1. The quantitative estimate of drug-likeness (QED) is 0.325. The molecule has 6 nitrogen and oxygen atoms in total. The highest BCUT2D eigenvalue weighted by molar-refractivity contribution is 6.30. The molecule has 0 saturated heterocycles. The van der Waals surface area contributed by atoms with E-state index in [4.69, 9.17) is 11.6 Å². The Morgan fingerprint density at radius 1 is 0.964 bits per heavy atom. The van der Waals surface area contributed by atoms with Gasteiger partial charge < -0.3 is 10.6 Å². The van der Waals surface area contributed by atoms with E-state index in [1.807, 2.05) is 24.3 Å². The fraction of sp³-hybridized carbons (Fsp3) is 0.286. The summed E-state index contributed by atoms with van der Waals surface area (Å²) < 4.78 is 0. The van der Waals surface area contributed by atoms with Crippen molar-refractivity contribution >= 4 is 29.4 Å². The van der Waals surface area contributed by atoms with Gasteiger partial charge in [-0.2, -0.15) is 0 Å². The van der Waals surface area contributed by atoms with Gasteiger partial charge in [-0.25, -0.2) is 0 Å². The molecule has 3 rings (SSSR count). The van der Waals surface area contributed by atoms with E-state index in [0.29, 0.717) is 41.7 Å². The van der Waals surface area contributed by atoms with E-state index in [9.17, 15) is 9.59 Å². The minimum absolute atomic E-state index is 0.200. The molecule has 1 heterocycles. The number of rotatable bonds is 7. The van der Waals surface area contributed by atoms with Gasteiger partial charge in [0.15, 0.2) is 5.96 Å². The van der Waals surface area contributed by atoms with Gasteiger partial charge >= 0.3 is 0 Å². The minimum Gasteiger partial charge on any atom is -0.356 e. The predicted molar refractivity (Wildman–Crippen MR) is 111 cm³/mol. The molecule has 2 aromatic rings. The van der Waals surface area contributed by atoms with E-state index in [1.165, 1.54) is 4.90 Å². The van der Waals surface area contributed by atoms with E-state index >= 15 is 0 Å². The van der Waals surface area contributed by atoms with Crippen LogP contribution in [0.5, 0.6) is 0 Å². The summed E-state index contributed by atoms with van der Waals surface area (Å²) in [7, 11) is 1.72. The third kappa shape index (κ3) is 4.70. The molecule has 0 aromatic heterocycles. The maximum atomic E-state index is 12.3. The number of aliphatic imine (C=N–C) groups is 1. The monoisotopic (exact) mass is 398 g/mol. The number of carbonyl (C=O) groups is 2. The lowest BCUT2D eigenvalue weighted by atomic mass is 10.1.